The van der Waals surface area contributed by atoms with E-state index >= 15 is 0 Å². The van der Waals surface area contributed by atoms with Gasteiger partial charge in [-0.2, -0.15) is 0 Å². The van der Waals surface area contributed by atoms with Crippen molar-refractivity contribution in [1.29, 1.82) is 0 Å². The van der Waals surface area contributed by atoms with Gasteiger partial charge in [-0.05, 0) is 54.6 Å². The number of anilines is 2. The molecule has 0 saturated heterocycles. The number of rotatable bonds is 7. The summed E-state index contributed by atoms with van der Waals surface area (Å²) in [6.07, 6.45) is 0. The summed E-state index contributed by atoms with van der Waals surface area (Å²) in [4.78, 5) is 26.1. The molecule has 0 fully saturated rings. The van der Waals surface area contributed by atoms with Gasteiger partial charge in [-0.3, -0.25) is 4.79 Å². The number of para-hydroxylation sites is 1. The molecule has 3 amide bonds. The average Bonchev–Trinajstić information content (AvgIpc) is 2.75. The van der Waals surface area contributed by atoms with Gasteiger partial charge in [0, 0.05) is 29.0 Å². The van der Waals surface area contributed by atoms with E-state index in [1.807, 2.05) is 30.3 Å². The molecule has 0 heterocycles. The quantitative estimate of drug-likeness (QED) is 0.553. The summed E-state index contributed by atoms with van der Waals surface area (Å²) >= 11 is 5.92. The standard InChI is InChI=1S/C23H22ClN3O3/c1-27(14-15-30-21-9-5-6-18(24)16-21)23(29)26-20-12-10-17(11-13-20)22(28)25-19-7-3-2-4-8-19/h2-13,16H,14-15H2,1H3,(H,25,28)(H,26,29). The first kappa shape index (κ1) is 21.2. The Morgan fingerprint density at radius 2 is 1.60 bits per heavy atom. The highest BCUT2D eigenvalue weighted by Crippen LogP contribution is 2.17. The highest BCUT2D eigenvalue weighted by Gasteiger charge is 2.10. The summed E-state index contributed by atoms with van der Waals surface area (Å²) in [5, 5.41) is 6.21. The molecule has 0 atom stereocenters. The summed E-state index contributed by atoms with van der Waals surface area (Å²) in [5.74, 6) is 0.440. The minimum absolute atomic E-state index is 0.214. The van der Waals surface area contributed by atoms with Gasteiger partial charge < -0.3 is 20.3 Å². The van der Waals surface area contributed by atoms with E-state index in [1.165, 1.54) is 4.90 Å². The van der Waals surface area contributed by atoms with Crippen LogP contribution in [0, 0.1) is 0 Å². The number of hydrogen-bond acceptors (Lipinski definition) is 3. The molecule has 0 aliphatic heterocycles. The van der Waals surface area contributed by atoms with Crippen molar-refractivity contribution in [2.75, 3.05) is 30.8 Å². The van der Waals surface area contributed by atoms with Crippen LogP contribution in [0.4, 0.5) is 16.2 Å². The Labute approximate surface area is 180 Å². The molecule has 6 nitrogen and oxygen atoms in total. The first-order valence-electron chi connectivity index (χ1n) is 9.38. The fourth-order valence-corrected chi connectivity index (χ4v) is 2.79. The Kier molecular flexibility index (Phi) is 7.29. The van der Waals surface area contributed by atoms with Crippen LogP contribution in [0.1, 0.15) is 10.4 Å². The van der Waals surface area contributed by atoms with E-state index in [2.05, 4.69) is 10.6 Å². The van der Waals surface area contributed by atoms with Crippen molar-refractivity contribution in [3.05, 3.63) is 89.4 Å². The maximum absolute atomic E-state index is 12.3. The fourth-order valence-electron chi connectivity index (χ4n) is 2.61. The summed E-state index contributed by atoms with van der Waals surface area (Å²) in [5.41, 5.74) is 1.82. The maximum atomic E-state index is 12.3. The molecule has 30 heavy (non-hydrogen) atoms. The van der Waals surface area contributed by atoms with Crippen molar-refractivity contribution in [1.82, 2.24) is 4.90 Å². The maximum Gasteiger partial charge on any atom is 0.321 e. The molecule has 3 aromatic carbocycles. The lowest BCUT2D eigenvalue weighted by Gasteiger charge is -2.18. The number of likely N-dealkylation sites (N-methyl/N-ethyl adjacent to an activating group) is 1. The number of hydrogen-bond donors (Lipinski definition) is 2. The van der Waals surface area contributed by atoms with Gasteiger partial charge in [-0.15, -0.1) is 0 Å². The van der Waals surface area contributed by atoms with Crippen molar-refractivity contribution < 1.29 is 14.3 Å². The highest BCUT2D eigenvalue weighted by molar-refractivity contribution is 6.30. The number of urea groups is 1. The van der Waals surface area contributed by atoms with E-state index in [-0.39, 0.29) is 11.9 Å². The van der Waals surface area contributed by atoms with Gasteiger partial charge >= 0.3 is 6.03 Å². The first-order chi connectivity index (χ1) is 14.5. The molecule has 0 aliphatic rings. The Hall–Kier alpha value is -3.51. The molecule has 0 aliphatic carbocycles. The van der Waals surface area contributed by atoms with Crippen LogP contribution in [0.2, 0.25) is 5.02 Å². The number of benzene rings is 3. The second-order valence-electron chi connectivity index (χ2n) is 6.56. The normalized spacial score (nSPS) is 10.2. The lowest BCUT2D eigenvalue weighted by molar-refractivity contribution is 0.102. The van der Waals surface area contributed by atoms with Gasteiger partial charge in [-0.1, -0.05) is 35.9 Å². The lowest BCUT2D eigenvalue weighted by Crippen LogP contribution is -2.34. The van der Waals surface area contributed by atoms with E-state index < -0.39 is 0 Å². The zero-order valence-electron chi connectivity index (χ0n) is 16.5. The Morgan fingerprint density at radius 1 is 0.900 bits per heavy atom. The fraction of sp³-hybridized carbons (Fsp3) is 0.130. The largest absolute Gasteiger partial charge is 0.492 e. The van der Waals surface area contributed by atoms with Crippen molar-refractivity contribution in [2.45, 2.75) is 0 Å². The molecular weight excluding hydrogens is 402 g/mol. The van der Waals surface area contributed by atoms with Crippen LogP contribution in [0.15, 0.2) is 78.9 Å². The molecule has 0 spiro atoms. The minimum Gasteiger partial charge on any atom is -0.492 e. The molecule has 0 radical (unpaired) electrons. The predicted octanol–water partition coefficient (Wildman–Crippen LogP) is 5.14. The van der Waals surface area contributed by atoms with Crippen LogP contribution in [0.5, 0.6) is 5.75 Å². The molecule has 0 bridgehead atoms. The summed E-state index contributed by atoms with van der Waals surface area (Å²) in [7, 11) is 1.68. The van der Waals surface area contributed by atoms with Crippen LogP contribution < -0.4 is 15.4 Å². The van der Waals surface area contributed by atoms with E-state index in [4.69, 9.17) is 16.3 Å². The summed E-state index contributed by atoms with van der Waals surface area (Å²) < 4.78 is 5.60. The third-order valence-corrected chi connectivity index (χ3v) is 4.50. The molecule has 154 valence electrons. The Balaban J connectivity index is 1.47. The van der Waals surface area contributed by atoms with Crippen LogP contribution in [0.3, 0.4) is 0 Å². The average molecular weight is 424 g/mol. The monoisotopic (exact) mass is 423 g/mol. The van der Waals surface area contributed by atoms with Crippen molar-refractivity contribution in [2.24, 2.45) is 0 Å². The molecule has 3 aromatic rings. The summed E-state index contributed by atoms with van der Waals surface area (Å²) in [6, 6.07) is 22.8. The second-order valence-corrected chi connectivity index (χ2v) is 6.99. The lowest BCUT2D eigenvalue weighted by atomic mass is 10.2. The highest BCUT2D eigenvalue weighted by atomic mass is 35.5. The van der Waals surface area contributed by atoms with Crippen LogP contribution >= 0.6 is 11.6 Å². The number of amides is 3. The summed E-state index contributed by atoms with van der Waals surface area (Å²) in [6.45, 7) is 0.735. The van der Waals surface area contributed by atoms with Gasteiger partial charge in [0.1, 0.15) is 12.4 Å². The Morgan fingerprint density at radius 3 is 2.30 bits per heavy atom. The predicted molar refractivity (Wildman–Crippen MR) is 119 cm³/mol. The molecule has 0 saturated carbocycles. The van der Waals surface area contributed by atoms with Crippen molar-refractivity contribution >= 4 is 34.9 Å². The molecular formula is C23H22ClN3O3. The number of nitrogens with one attached hydrogen (secondary N) is 2. The minimum atomic E-state index is -0.272. The number of carbonyl (C=O) groups is 2. The molecule has 7 heteroatoms. The zero-order chi connectivity index (χ0) is 21.3. The number of carbonyl (C=O) groups excluding carboxylic acids is 2. The molecule has 2 N–H and O–H groups in total. The van der Waals surface area contributed by atoms with Gasteiger partial charge in [0.25, 0.3) is 5.91 Å². The van der Waals surface area contributed by atoms with Gasteiger partial charge in [0.15, 0.2) is 0 Å². The SMILES string of the molecule is CN(CCOc1cccc(Cl)c1)C(=O)Nc1ccc(C(=O)Nc2ccccc2)cc1. The van der Waals surface area contributed by atoms with E-state index in [0.717, 1.165) is 5.69 Å². The van der Waals surface area contributed by atoms with Gasteiger partial charge in [0.2, 0.25) is 0 Å². The number of halogens is 1. The van der Waals surface area contributed by atoms with Crippen LogP contribution in [0.25, 0.3) is 0 Å². The first-order valence-corrected chi connectivity index (χ1v) is 9.76. The third-order valence-electron chi connectivity index (χ3n) is 4.27. The van der Waals surface area contributed by atoms with Crippen LogP contribution in [-0.2, 0) is 0 Å². The smallest absolute Gasteiger partial charge is 0.321 e. The number of nitrogens with zero attached hydrogens (tertiary/aromatic N) is 1. The van der Waals surface area contributed by atoms with Crippen LogP contribution in [-0.4, -0.2) is 37.0 Å². The molecule has 3 rings (SSSR count). The zero-order valence-corrected chi connectivity index (χ0v) is 17.2. The van der Waals surface area contributed by atoms with Crippen molar-refractivity contribution in [3.8, 4) is 5.75 Å². The third kappa shape index (κ3) is 6.25. The van der Waals surface area contributed by atoms with Gasteiger partial charge in [-0.25, -0.2) is 4.79 Å². The van der Waals surface area contributed by atoms with E-state index in [0.29, 0.717) is 35.2 Å². The molecule has 0 aromatic heterocycles. The molecule has 0 unspecified atom stereocenters. The Bertz CT molecular complexity index is 994. The van der Waals surface area contributed by atoms with E-state index in [9.17, 15) is 9.59 Å². The van der Waals surface area contributed by atoms with E-state index in [1.54, 1.807) is 55.6 Å². The second kappa shape index (κ2) is 10.3. The topological polar surface area (TPSA) is 70.7 Å². The van der Waals surface area contributed by atoms with Gasteiger partial charge in [0.05, 0.1) is 6.54 Å². The van der Waals surface area contributed by atoms with Crippen molar-refractivity contribution in [3.63, 3.8) is 0 Å². The number of ether oxygens (including phenoxy) is 1.